The van der Waals surface area contributed by atoms with Crippen molar-refractivity contribution < 1.29 is 12.8 Å². The quantitative estimate of drug-likeness (QED) is 0.549. The normalized spacial score (nSPS) is 14.0. The third-order valence-electron chi connectivity index (χ3n) is 4.23. The Morgan fingerprint density at radius 2 is 2.16 bits per heavy atom. The van der Waals surface area contributed by atoms with Crippen molar-refractivity contribution in [3.63, 3.8) is 0 Å². The molecule has 1 aliphatic rings. The van der Waals surface area contributed by atoms with Crippen LogP contribution in [0.5, 0.6) is 0 Å². The van der Waals surface area contributed by atoms with E-state index in [0.717, 1.165) is 43.4 Å². The lowest BCUT2D eigenvalue weighted by Gasteiger charge is -2.21. The lowest BCUT2D eigenvalue weighted by Crippen LogP contribution is -2.25. The first kappa shape index (κ1) is 17.8. The molecule has 132 valence electrons. The molecular weight excluding hydrogens is 365 g/mol. The molecule has 2 aromatic carbocycles. The van der Waals surface area contributed by atoms with Crippen LogP contribution in [-0.2, 0) is 28.6 Å². The summed E-state index contributed by atoms with van der Waals surface area (Å²) >= 11 is 0. The number of nitrogens with one attached hydrogen (secondary N) is 3. The molecule has 5 nitrogen and oxygen atoms in total. The predicted octanol–water partition coefficient (Wildman–Crippen LogP) is 3.01. The van der Waals surface area contributed by atoms with Gasteiger partial charge in [-0.15, -0.1) is 0 Å². The van der Waals surface area contributed by atoms with Gasteiger partial charge >= 0.3 is 0 Å². The van der Waals surface area contributed by atoms with Crippen molar-refractivity contribution in [2.75, 3.05) is 11.9 Å². The minimum absolute atomic E-state index is 0.253. The Kier molecular flexibility index (Phi) is 5.08. The second-order valence-corrected chi connectivity index (χ2v) is 8.32. The van der Waals surface area contributed by atoms with Crippen molar-refractivity contribution in [1.29, 1.82) is 5.41 Å². The van der Waals surface area contributed by atoms with Crippen LogP contribution in [0.15, 0.2) is 35.2 Å². The van der Waals surface area contributed by atoms with Crippen LogP contribution in [0.3, 0.4) is 0 Å². The molecule has 3 rings (SSSR count). The fourth-order valence-corrected chi connectivity index (χ4v) is 3.88. The molecule has 0 saturated heterocycles. The van der Waals surface area contributed by atoms with Gasteiger partial charge in [0.25, 0.3) is 9.05 Å². The number of halogens is 2. The molecule has 0 atom stereocenters. The van der Waals surface area contributed by atoms with Gasteiger partial charge in [-0.25, -0.2) is 12.8 Å². The molecule has 8 heteroatoms. The Hall–Kier alpha value is -1.96. The van der Waals surface area contributed by atoms with Gasteiger partial charge in [-0.1, -0.05) is 18.2 Å². The highest BCUT2D eigenvalue weighted by molar-refractivity contribution is 8.13. The van der Waals surface area contributed by atoms with E-state index in [1.165, 1.54) is 11.1 Å². The van der Waals surface area contributed by atoms with E-state index in [9.17, 15) is 12.8 Å². The Morgan fingerprint density at radius 1 is 1.36 bits per heavy atom. The van der Waals surface area contributed by atoms with Crippen molar-refractivity contribution in [2.45, 2.75) is 24.4 Å². The number of benzene rings is 2. The Labute approximate surface area is 150 Å². The average Bonchev–Trinajstić information content (AvgIpc) is 2.58. The monoisotopic (exact) mass is 381 g/mol. The van der Waals surface area contributed by atoms with E-state index in [4.69, 9.17) is 16.1 Å². The van der Waals surface area contributed by atoms with Crippen molar-refractivity contribution in [2.24, 2.45) is 0 Å². The summed E-state index contributed by atoms with van der Waals surface area (Å²) in [4.78, 5) is -0.625. The highest BCUT2D eigenvalue weighted by atomic mass is 35.7. The number of fused-ring (bicyclic) bond motifs is 1. The lowest BCUT2D eigenvalue weighted by atomic mass is 9.96. The minimum atomic E-state index is -4.20. The van der Waals surface area contributed by atoms with Gasteiger partial charge in [0, 0.05) is 41.2 Å². The molecule has 0 spiro atoms. The van der Waals surface area contributed by atoms with E-state index in [2.05, 4.69) is 16.7 Å². The largest absolute Gasteiger partial charge is 0.380 e. The minimum Gasteiger partial charge on any atom is -0.380 e. The van der Waals surface area contributed by atoms with Crippen LogP contribution < -0.4 is 10.6 Å². The van der Waals surface area contributed by atoms with Crippen LogP contribution in [0.4, 0.5) is 10.1 Å². The Bertz CT molecular complexity index is 932. The molecule has 0 saturated carbocycles. The van der Waals surface area contributed by atoms with E-state index in [1.807, 2.05) is 12.1 Å². The average molecular weight is 382 g/mol. The van der Waals surface area contributed by atoms with Gasteiger partial charge < -0.3 is 16.0 Å². The van der Waals surface area contributed by atoms with Gasteiger partial charge in [0.15, 0.2) is 0 Å². The fraction of sp³-hybridized carbons (Fsp3) is 0.235. The first-order chi connectivity index (χ1) is 11.9. The first-order valence-electron chi connectivity index (χ1n) is 7.73. The molecule has 1 heterocycles. The van der Waals surface area contributed by atoms with Crippen LogP contribution in [0.1, 0.15) is 22.3 Å². The summed E-state index contributed by atoms with van der Waals surface area (Å²) in [5.41, 5.74) is 4.19. The summed E-state index contributed by atoms with van der Waals surface area (Å²) in [7, 11) is 1.02. The van der Waals surface area contributed by atoms with Crippen molar-refractivity contribution in [3.8, 4) is 0 Å². The zero-order valence-corrected chi connectivity index (χ0v) is 14.8. The molecular formula is C17H17ClFN3O2S. The molecule has 3 N–H and O–H groups in total. The van der Waals surface area contributed by atoms with Gasteiger partial charge in [0.05, 0.1) is 0 Å². The van der Waals surface area contributed by atoms with E-state index >= 15 is 0 Å². The predicted molar refractivity (Wildman–Crippen MR) is 96.5 cm³/mol. The third kappa shape index (κ3) is 3.84. The first-order valence-corrected chi connectivity index (χ1v) is 10.0. The van der Waals surface area contributed by atoms with Crippen LogP contribution in [-0.4, -0.2) is 21.2 Å². The summed E-state index contributed by atoms with van der Waals surface area (Å²) in [6.07, 6.45) is 1.93. The molecule has 0 unspecified atom stereocenters. The maximum Gasteiger partial charge on any atom is 0.264 e. The molecule has 0 aliphatic carbocycles. The number of anilines is 1. The maximum absolute atomic E-state index is 14.1. The van der Waals surface area contributed by atoms with E-state index < -0.39 is 19.8 Å². The molecule has 0 radical (unpaired) electrons. The standard InChI is InChI=1S/C17H17ClFN3O2S/c18-25(23,24)17-6-13(8-20)16(7-15(17)19)22-9-12-3-1-2-11-4-5-21-10-14(11)12/h1-3,6-8,20-22H,4-5,9-10H2. The molecule has 0 aromatic heterocycles. The second kappa shape index (κ2) is 7.11. The summed E-state index contributed by atoms with van der Waals surface area (Å²) in [5, 5.41) is 13.9. The van der Waals surface area contributed by atoms with E-state index in [0.29, 0.717) is 12.2 Å². The summed E-state index contributed by atoms with van der Waals surface area (Å²) in [6.45, 7) is 2.17. The van der Waals surface area contributed by atoms with E-state index in [1.54, 1.807) is 0 Å². The van der Waals surface area contributed by atoms with Crippen molar-refractivity contribution >= 4 is 31.6 Å². The van der Waals surface area contributed by atoms with Crippen LogP contribution in [0.2, 0.25) is 0 Å². The Morgan fingerprint density at radius 3 is 2.88 bits per heavy atom. The maximum atomic E-state index is 14.1. The number of hydrogen-bond donors (Lipinski definition) is 3. The summed E-state index contributed by atoms with van der Waals surface area (Å²) in [5.74, 6) is -0.945. The smallest absolute Gasteiger partial charge is 0.264 e. The number of rotatable bonds is 5. The van der Waals surface area contributed by atoms with Gasteiger partial charge in [0.2, 0.25) is 0 Å². The third-order valence-corrected chi connectivity index (χ3v) is 5.57. The summed E-state index contributed by atoms with van der Waals surface area (Å²) in [6, 6.07) is 8.21. The van der Waals surface area contributed by atoms with Crippen LogP contribution >= 0.6 is 10.7 Å². The van der Waals surface area contributed by atoms with Gasteiger partial charge in [0.1, 0.15) is 10.7 Å². The number of hydrogen-bond acceptors (Lipinski definition) is 5. The lowest BCUT2D eigenvalue weighted by molar-refractivity contribution is 0.576. The van der Waals surface area contributed by atoms with Crippen LogP contribution in [0.25, 0.3) is 0 Å². The SMILES string of the molecule is N=Cc1cc(S(=O)(=O)Cl)c(F)cc1NCc1cccc2c1CNCC2. The van der Waals surface area contributed by atoms with Gasteiger partial charge in [-0.05, 0) is 41.8 Å². The molecule has 0 fully saturated rings. The molecule has 25 heavy (non-hydrogen) atoms. The molecule has 0 bridgehead atoms. The van der Waals surface area contributed by atoms with Gasteiger partial charge in [-0.2, -0.15) is 0 Å². The highest BCUT2D eigenvalue weighted by Gasteiger charge is 2.19. The topological polar surface area (TPSA) is 82.0 Å². The molecule has 2 aromatic rings. The zero-order chi connectivity index (χ0) is 18.0. The molecule has 0 amide bonds. The Balaban J connectivity index is 1.89. The van der Waals surface area contributed by atoms with Crippen LogP contribution in [0, 0.1) is 11.2 Å². The van der Waals surface area contributed by atoms with E-state index in [-0.39, 0.29) is 5.56 Å². The zero-order valence-electron chi connectivity index (χ0n) is 13.3. The van der Waals surface area contributed by atoms with Crippen molar-refractivity contribution in [3.05, 3.63) is 58.4 Å². The molecule has 1 aliphatic heterocycles. The van der Waals surface area contributed by atoms with Gasteiger partial charge in [-0.3, -0.25) is 0 Å². The summed E-state index contributed by atoms with van der Waals surface area (Å²) < 4.78 is 36.9. The highest BCUT2D eigenvalue weighted by Crippen LogP contribution is 2.26. The van der Waals surface area contributed by atoms with Crippen molar-refractivity contribution in [1.82, 2.24) is 5.32 Å². The second-order valence-electron chi connectivity index (χ2n) is 5.79. The fourth-order valence-electron chi connectivity index (χ4n) is 2.97.